The van der Waals surface area contributed by atoms with Crippen LogP contribution in [-0.2, 0) is 14.3 Å². The number of carbonyl (C=O) groups is 1. The van der Waals surface area contributed by atoms with Crippen LogP contribution in [0, 0.1) is 5.41 Å². The second-order valence-electron chi connectivity index (χ2n) is 7.60. The van der Waals surface area contributed by atoms with Gasteiger partial charge in [0, 0.05) is 26.8 Å². The second kappa shape index (κ2) is 6.66. The van der Waals surface area contributed by atoms with Gasteiger partial charge in [0.25, 0.3) is 0 Å². The Morgan fingerprint density at radius 3 is 2.29 bits per heavy atom. The lowest BCUT2D eigenvalue weighted by molar-refractivity contribution is -0.153. The number of ether oxygens (including phenoxy) is 2. The third-order valence-electron chi connectivity index (χ3n) is 4.80. The number of piperidine rings is 1. The largest absolute Gasteiger partial charge is 0.385 e. The smallest absolute Gasteiger partial charge is 0.228 e. The Kier molecular flexibility index (Phi) is 5.31. The van der Waals surface area contributed by atoms with E-state index in [2.05, 4.69) is 25.7 Å². The molecule has 0 aromatic rings. The van der Waals surface area contributed by atoms with Gasteiger partial charge in [-0.1, -0.05) is 6.42 Å². The maximum Gasteiger partial charge on any atom is 0.228 e. The molecule has 0 radical (unpaired) electrons. The average molecular weight is 297 g/mol. The molecule has 122 valence electrons. The molecule has 1 amide bonds. The first-order valence-electron chi connectivity index (χ1n) is 8.32. The minimum Gasteiger partial charge on any atom is -0.385 e. The molecule has 1 saturated carbocycles. The van der Waals surface area contributed by atoms with Gasteiger partial charge in [0.05, 0.1) is 17.1 Å². The minimum absolute atomic E-state index is 0.0928. The summed E-state index contributed by atoms with van der Waals surface area (Å²) in [5.41, 5.74) is -0.210. The van der Waals surface area contributed by atoms with E-state index < -0.39 is 0 Å². The summed E-state index contributed by atoms with van der Waals surface area (Å²) in [5, 5.41) is 0. The fraction of sp³-hybridized carbons (Fsp3) is 0.941. The van der Waals surface area contributed by atoms with E-state index >= 15 is 0 Å². The van der Waals surface area contributed by atoms with Gasteiger partial charge in [-0.15, -0.1) is 0 Å². The number of hydrogen-bond donors (Lipinski definition) is 0. The predicted molar refractivity (Wildman–Crippen MR) is 83.2 cm³/mol. The van der Waals surface area contributed by atoms with Gasteiger partial charge >= 0.3 is 0 Å². The second-order valence-corrected chi connectivity index (χ2v) is 7.60. The highest BCUT2D eigenvalue weighted by molar-refractivity contribution is 5.83. The number of nitrogens with zero attached hydrogens (tertiary/aromatic N) is 1. The average Bonchev–Trinajstić information content (AvgIpc) is 2.36. The van der Waals surface area contributed by atoms with Crippen molar-refractivity contribution in [2.45, 2.75) is 71.0 Å². The van der Waals surface area contributed by atoms with E-state index in [0.29, 0.717) is 18.6 Å². The van der Waals surface area contributed by atoms with Gasteiger partial charge in [-0.05, 0) is 52.9 Å². The molecule has 1 aliphatic heterocycles. The van der Waals surface area contributed by atoms with Gasteiger partial charge in [-0.2, -0.15) is 0 Å². The lowest BCUT2D eigenvalue weighted by Gasteiger charge is -2.45. The first-order chi connectivity index (χ1) is 9.86. The fourth-order valence-corrected chi connectivity index (χ4v) is 3.48. The zero-order valence-corrected chi connectivity index (χ0v) is 14.1. The maximum atomic E-state index is 12.8. The molecule has 2 fully saturated rings. The molecule has 0 bridgehead atoms. The molecule has 0 aromatic carbocycles. The number of methoxy groups -OCH3 is 1. The summed E-state index contributed by atoms with van der Waals surface area (Å²) in [7, 11) is 1.71. The molecule has 1 aliphatic carbocycles. The summed E-state index contributed by atoms with van der Waals surface area (Å²) < 4.78 is 11.2. The number of hydrogen-bond acceptors (Lipinski definition) is 3. The Morgan fingerprint density at radius 1 is 1.24 bits per heavy atom. The van der Waals surface area contributed by atoms with Crippen LogP contribution in [0.3, 0.4) is 0 Å². The minimum atomic E-state index is -0.117. The van der Waals surface area contributed by atoms with Crippen LogP contribution < -0.4 is 0 Å². The molecular formula is C17H31NO3. The molecule has 0 atom stereocenters. The molecule has 0 aromatic heterocycles. The number of amides is 1. The molecule has 4 heteroatoms. The van der Waals surface area contributed by atoms with Crippen molar-refractivity contribution in [3.63, 3.8) is 0 Å². The number of likely N-dealkylation sites (tertiary alicyclic amines) is 1. The summed E-state index contributed by atoms with van der Waals surface area (Å²) in [6.07, 6.45) is 6.35. The Morgan fingerprint density at radius 2 is 1.86 bits per heavy atom. The van der Waals surface area contributed by atoms with E-state index in [0.717, 1.165) is 45.2 Å². The number of carbonyl (C=O) groups excluding carboxylic acids is 1. The van der Waals surface area contributed by atoms with Crippen molar-refractivity contribution in [1.29, 1.82) is 0 Å². The van der Waals surface area contributed by atoms with E-state index in [1.54, 1.807) is 7.11 Å². The Hall–Kier alpha value is -0.610. The van der Waals surface area contributed by atoms with Gasteiger partial charge < -0.3 is 14.4 Å². The van der Waals surface area contributed by atoms with Crippen molar-refractivity contribution in [2.24, 2.45) is 5.41 Å². The van der Waals surface area contributed by atoms with Crippen molar-refractivity contribution in [2.75, 3.05) is 26.8 Å². The first kappa shape index (κ1) is 16.8. The number of rotatable bonds is 5. The summed E-state index contributed by atoms with van der Waals surface area (Å²) in [4.78, 5) is 14.9. The highest BCUT2D eigenvalue weighted by Crippen LogP contribution is 2.45. The lowest BCUT2D eigenvalue weighted by atomic mass is 9.65. The molecule has 1 saturated heterocycles. The van der Waals surface area contributed by atoms with Crippen LogP contribution in [0.25, 0.3) is 0 Å². The normalized spacial score (nSPS) is 23.0. The highest BCUT2D eigenvalue weighted by atomic mass is 16.5. The van der Waals surface area contributed by atoms with Crippen LogP contribution in [0.5, 0.6) is 0 Å². The van der Waals surface area contributed by atoms with Gasteiger partial charge in [0.15, 0.2) is 0 Å². The van der Waals surface area contributed by atoms with Crippen LogP contribution in [0.4, 0.5) is 0 Å². The van der Waals surface area contributed by atoms with E-state index in [4.69, 9.17) is 9.47 Å². The molecule has 0 unspecified atom stereocenters. The molecule has 0 N–H and O–H groups in total. The molecule has 0 spiro atoms. The van der Waals surface area contributed by atoms with Gasteiger partial charge in [0.2, 0.25) is 5.91 Å². The van der Waals surface area contributed by atoms with Crippen molar-refractivity contribution in [3.05, 3.63) is 0 Å². The Balaban J connectivity index is 1.85. The van der Waals surface area contributed by atoms with E-state index in [9.17, 15) is 4.79 Å². The van der Waals surface area contributed by atoms with Crippen LogP contribution in [0.1, 0.15) is 59.3 Å². The van der Waals surface area contributed by atoms with Crippen LogP contribution in [0.15, 0.2) is 0 Å². The first-order valence-corrected chi connectivity index (χ1v) is 8.32. The van der Waals surface area contributed by atoms with Crippen molar-refractivity contribution in [3.8, 4) is 0 Å². The molecular weight excluding hydrogens is 266 g/mol. The van der Waals surface area contributed by atoms with Crippen molar-refractivity contribution >= 4 is 5.91 Å². The third kappa shape index (κ3) is 4.19. The predicted octanol–water partition coefficient (Wildman–Crippen LogP) is 3.00. The zero-order valence-electron chi connectivity index (χ0n) is 14.1. The maximum absolute atomic E-state index is 12.8. The van der Waals surface area contributed by atoms with E-state index in [1.165, 1.54) is 6.42 Å². The molecule has 1 heterocycles. The molecule has 4 nitrogen and oxygen atoms in total. The van der Waals surface area contributed by atoms with Gasteiger partial charge in [0.1, 0.15) is 0 Å². The summed E-state index contributed by atoms with van der Waals surface area (Å²) in [6, 6.07) is 0. The quantitative estimate of drug-likeness (QED) is 0.783. The SMILES string of the molecule is COCCC1(C(=O)N2CCC(OC(C)(C)C)CC2)CCC1. The van der Waals surface area contributed by atoms with Crippen molar-refractivity contribution < 1.29 is 14.3 Å². The molecule has 21 heavy (non-hydrogen) atoms. The van der Waals surface area contributed by atoms with Crippen LogP contribution >= 0.6 is 0 Å². The third-order valence-corrected chi connectivity index (χ3v) is 4.80. The lowest BCUT2D eigenvalue weighted by Crippen LogP contribution is -2.52. The van der Waals surface area contributed by atoms with Gasteiger partial charge in [-0.3, -0.25) is 4.79 Å². The zero-order chi connectivity index (χ0) is 15.5. The highest BCUT2D eigenvalue weighted by Gasteiger charge is 2.46. The summed E-state index contributed by atoms with van der Waals surface area (Å²) >= 11 is 0. The van der Waals surface area contributed by atoms with Crippen LogP contribution in [0.2, 0.25) is 0 Å². The fourth-order valence-electron chi connectivity index (χ4n) is 3.48. The monoisotopic (exact) mass is 297 g/mol. The molecule has 2 rings (SSSR count). The summed E-state index contributed by atoms with van der Waals surface area (Å²) in [5.74, 6) is 0.361. The van der Waals surface area contributed by atoms with Crippen molar-refractivity contribution in [1.82, 2.24) is 4.90 Å². The van der Waals surface area contributed by atoms with Gasteiger partial charge in [-0.25, -0.2) is 0 Å². The standard InChI is InChI=1S/C17H31NO3/c1-16(2,3)21-14-6-11-18(12-7-14)15(19)17(8-5-9-17)10-13-20-4/h14H,5-13H2,1-4H3. The topological polar surface area (TPSA) is 38.8 Å². The Bertz CT molecular complexity index is 350. The molecule has 2 aliphatic rings. The van der Waals surface area contributed by atoms with E-state index in [1.807, 2.05) is 0 Å². The summed E-state index contributed by atoms with van der Waals surface area (Å²) in [6.45, 7) is 8.66. The Labute approximate surface area is 129 Å². The van der Waals surface area contributed by atoms with E-state index in [-0.39, 0.29) is 11.0 Å². The van der Waals surface area contributed by atoms with Crippen LogP contribution in [-0.4, -0.2) is 49.3 Å².